The third-order valence-corrected chi connectivity index (χ3v) is 5.32. The average molecular weight is 292 g/mol. The Hall–Kier alpha value is -0.940. The third kappa shape index (κ3) is 3.78. The monoisotopic (exact) mass is 291 g/mol. The van der Waals surface area contributed by atoms with Crippen molar-refractivity contribution in [3.8, 4) is 5.75 Å². The third-order valence-electron chi connectivity index (χ3n) is 2.52. The van der Waals surface area contributed by atoms with Crippen LogP contribution in [0.25, 0.3) is 0 Å². The Labute approximate surface area is 113 Å². The molecule has 2 N–H and O–H groups in total. The second-order valence-electron chi connectivity index (χ2n) is 4.96. The molecule has 1 aromatic carbocycles. The van der Waals surface area contributed by atoms with Crippen molar-refractivity contribution >= 4 is 27.1 Å². The van der Waals surface area contributed by atoms with Crippen LogP contribution in [-0.2, 0) is 9.84 Å². The molecule has 0 aliphatic rings. The molecule has 0 spiro atoms. The van der Waals surface area contributed by atoms with Crippen molar-refractivity contribution in [2.24, 2.45) is 0 Å². The fourth-order valence-corrected chi connectivity index (χ4v) is 2.28. The van der Waals surface area contributed by atoms with Gasteiger partial charge >= 0.3 is 0 Å². The zero-order chi connectivity index (χ0) is 14.0. The summed E-state index contributed by atoms with van der Waals surface area (Å²) in [6.07, 6.45) is 0. The number of nitrogen functional groups attached to an aromatic ring is 1. The van der Waals surface area contributed by atoms with E-state index in [0.29, 0.717) is 16.5 Å². The Morgan fingerprint density at radius 2 is 1.94 bits per heavy atom. The van der Waals surface area contributed by atoms with Crippen molar-refractivity contribution in [3.05, 3.63) is 23.2 Å². The standard InChI is InChI=1S/C12H18ClNO3S/c1-12(2,3)18(15,16)7-6-17-11-8-9(13)4-5-10(11)14/h4-5,8H,6-7,14H2,1-3H3. The van der Waals surface area contributed by atoms with Gasteiger partial charge in [-0.1, -0.05) is 11.6 Å². The van der Waals surface area contributed by atoms with E-state index in [2.05, 4.69) is 0 Å². The van der Waals surface area contributed by atoms with Gasteiger partial charge in [0, 0.05) is 11.1 Å². The zero-order valence-corrected chi connectivity index (χ0v) is 12.3. The molecule has 1 aromatic rings. The lowest BCUT2D eigenvalue weighted by molar-refractivity contribution is 0.341. The van der Waals surface area contributed by atoms with E-state index < -0.39 is 14.6 Å². The molecule has 0 bridgehead atoms. The second kappa shape index (κ2) is 5.36. The highest BCUT2D eigenvalue weighted by Gasteiger charge is 2.28. The average Bonchev–Trinajstić information content (AvgIpc) is 2.21. The van der Waals surface area contributed by atoms with Crippen LogP contribution in [0.4, 0.5) is 5.69 Å². The minimum Gasteiger partial charge on any atom is -0.490 e. The van der Waals surface area contributed by atoms with E-state index in [-0.39, 0.29) is 12.4 Å². The SMILES string of the molecule is CC(C)(C)S(=O)(=O)CCOc1cc(Cl)ccc1N. The van der Waals surface area contributed by atoms with Crippen LogP contribution in [0.5, 0.6) is 5.75 Å². The lowest BCUT2D eigenvalue weighted by Gasteiger charge is -2.19. The number of rotatable bonds is 4. The van der Waals surface area contributed by atoms with Crippen LogP contribution < -0.4 is 10.5 Å². The topological polar surface area (TPSA) is 69.4 Å². The summed E-state index contributed by atoms with van der Waals surface area (Å²) in [5.41, 5.74) is 6.13. The summed E-state index contributed by atoms with van der Waals surface area (Å²) in [7, 11) is -3.19. The van der Waals surface area contributed by atoms with Crippen LogP contribution >= 0.6 is 11.6 Å². The summed E-state index contributed by atoms with van der Waals surface area (Å²) >= 11 is 5.80. The quantitative estimate of drug-likeness (QED) is 0.866. The van der Waals surface area contributed by atoms with Gasteiger partial charge in [0.1, 0.15) is 12.4 Å². The van der Waals surface area contributed by atoms with Crippen molar-refractivity contribution in [3.63, 3.8) is 0 Å². The number of hydrogen-bond acceptors (Lipinski definition) is 4. The molecule has 0 atom stereocenters. The number of anilines is 1. The van der Waals surface area contributed by atoms with Gasteiger partial charge in [-0.2, -0.15) is 0 Å². The summed E-state index contributed by atoms with van der Waals surface area (Å²) < 4.78 is 28.3. The van der Waals surface area contributed by atoms with E-state index >= 15 is 0 Å². The molecule has 102 valence electrons. The summed E-state index contributed by atoms with van der Waals surface area (Å²) in [5, 5.41) is 0.498. The van der Waals surface area contributed by atoms with Gasteiger partial charge in [0.25, 0.3) is 0 Å². The predicted octanol–water partition coefficient (Wildman–Crippen LogP) is 2.51. The van der Waals surface area contributed by atoms with E-state index in [1.165, 1.54) is 0 Å². The van der Waals surface area contributed by atoms with Crippen LogP contribution in [0.3, 0.4) is 0 Å². The van der Waals surface area contributed by atoms with Gasteiger partial charge in [-0.15, -0.1) is 0 Å². The summed E-state index contributed by atoms with van der Waals surface area (Å²) in [6.45, 7) is 5.05. The number of benzene rings is 1. The molecule has 4 nitrogen and oxygen atoms in total. The molecule has 18 heavy (non-hydrogen) atoms. The van der Waals surface area contributed by atoms with Crippen molar-refractivity contribution in [2.45, 2.75) is 25.5 Å². The van der Waals surface area contributed by atoms with Gasteiger partial charge < -0.3 is 10.5 Å². The molecule has 0 saturated heterocycles. The number of ether oxygens (including phenoxy) is 1. The van der Waals surface area contributed by atoms with Crippen LogP contribution in [0.1, 0.15) is 20.8 Å². The Morgan fingerprint density at radius 1 is 1.33 bits per heavy atom. The molecular weight excluding hydrogens is 274 g/mol. The van der Waals surface area contributed by atoms with Crippen LogP contribution in [0.2, 0.25) is 5.02 Å². The number of hydrogen-bond donors (Lipinski definition) is 1. The molecule has 0 unspecified atom stereocenters. The predicted molar refractivity (Wildman–Crippen MR) is 74.9 cm³/mol. The molecule has 0 fully saturated rings. The van der Waals surface area contributed by atoms with E-state index in [1.54, 1.807) is 39.0 Å². The van der Waals surface area contributed by atoms with Crippen molar-refractivity contribution < 1.29 is 13.2 Å². The molecule has 0 radical (unpaired) electrons. The van der Waals surface area contributed by atoms with Crippen LogP contribution in [0.15, 0.2) is 18.2 Å². The maximum atomic E-state index is 11.9. The molecule has 0 aliphatic carbocycles. The van der Waals surface area contributed by atoms with Gasteiger partial charge in [-0.25, -0.2) is 8.42 Å². The first-order valence-corrected chi connectivity index (χ1v) is 7.56. The Bertz CT molecular complexity index is 521. The normalized spacial score (nSPS) is 12.4. The largest absolute Gasteiger partial charge is 0.490 e. The number of halogens is 1. The van der Waals surface area contributed by atoms with Crippen molar-refractivity contribution in [1.29, 1.82) is 0 Å². The summed E-state index contributed by atoms with van der Waals surface area (Å²) in [5.74, 6) is 0.356. The van der Waals surface area contributed by atoms with Gasteiger partial charge in [-0.05, 0) is 32.9 Å². The smallest absolute Gasteiger partial charge is 0.158 e. The molecular formula is C12H18ClNO3S. The highest BCUT2D eigenvalue weighted by Crippen LogP contribution is 2.25. The highest BCUT2D eigenvalue weighted by molar-refractivity contribution is 7.92. The number of sulfone groups is 1. The molecule has 0 amide bonds. The molecule has 0 aliphatic heterocycles. The maximum absolute atomic E-state index is 11.9. The summed E-state index contributed by atoms with van der Waals surface area (Å²) in [4.78, 5) is 0. The Kier molecular flexibility index (Phi) is 4.50. The van der Waals surface area contributed by atoms with E-state index in [0.717, 1.165) is 0 Å². The lowest BCUT2D eigenvalue weighted by atomic mass is 10.3. The minimum absolute atomic E-state index is 0.0531. The first-order chi connectivity index (χ1) is 8.13. The van der Waals surface area contributed by atoms with E-state index in [1.807, 2.05) is 0 Å². The number of nitrogens with two attached hydrogens (primary N) is 1. The molecule has 0 heterocycles. The van der Waals surface area contributed by atoms with Gasteiger partial charge in [0.2, 0.25) is 0 Å². The van der Waals surface area contributed by atoms with Gasteiger partial charge in [-0.3, -0.25) is 0 Å². The molecule has 6 heteroatoms. The molecule has 0 aromatic heterocycles. The maximum Gasteiger partial charge on any atom is 0.158 e. The van der Waals surface area contributed by atoms with Gasteiger partial charge in [0.05, 0.1) is 16.2 Å². The zero-order valence-electron chi connectivity index (χ0n) is 10.7. The van der Waals surface area contributed by atoms with Gasteiger partial charge in [0.15, 0.2) is 9.84 Å². The lowest BCUT2D eigenvalue weighted by Crippen LogP contribution is -2.32. The fraction of sp³-hybridized carbons (Fsp3) is 0.500. The first-order valence-electron chi connectivity index (χ1n) is 5.53. The fourth-order valence-electron chi connectivity index (χ4n) is 1.20. The van der Waals surface area contributed by atoms with Crippen LogP contribution in [-0.4, -0.2) is 25.5 Å². The van der Waals surface area contributed by atoms with Crippen LogP contribution in [0, 0.1) is 0 Å². The molecule has 0 saturated carbocycles. The Morgan fingerprint density at radius 3 is 2.50 bits per heavy atom. The highest BCUT2D eigenvalue weighted by atomic mass is 35.5. The summed E-state index contributed by atoms with van der Waals surface area (Å²) in [6, 6.07) is 4.84. The molecule has 1 rings (SSSR count). The van der Waals surface area contributed by atoms with Crippen molar-refractivity contribution in [1.82, 2.24) is 0 Å². The van der Waals surface area contributed by atoms with Crippen molar-refractivity contribution in [2.75, 3.05) is 18.1 Å². The van der Waals surface area contributed by atoms with E-state index in [4.69, 9.17) is 22.1 Å². The minimum atomic E-state index is -3.19. The Balaban J connectivity index is 2.65. The first kappa shape index (κ1) is 15.1. The van der Waals surface area contributed by atoms with E-state index in [9.17, 15) is 8.42 Å². The second-order valence-corrected chi connectivity index (χ2v) is 8.26.